The number of amides is 1. The van der Waals surface area contributed by atoms with Gasteiger partial charge in [-0.25, -0.2) is 5.06 Å². The van der Waals surface area contributed by atoms with Crippen LogP contribution in [-0.2, 0) is 0 Å². The van der Waals surface area contributed by atoms with Crippen LogP contribution < -0.4 is 4.74 Å². The normalized spacial score (nSPS) is 16.9. The number of benzene rings is 1. The van der Waals surface area contributed by atoms with Crippen molar-refractivity contribution in [1.29, 1.82) is 0 Å². The fraction of sp³-hybridized carbons (Fsp3) is 0.500. The minimum absolute atomic E-state index is 0.235. The van der Waals surface area contributed by atoms with Crippen LogP contribution in [-0.4, -0.2) is 73.0 Å². The van der Waals surface area contributed by atoms with Crippen molar-refractivity contribution in [3.05, 3.63) is 29.8 Å². The van der Waals surface area contributed by atoms with E-state index in [9.17, 15) is 10.0 Å². The van der Waals surface area contributed by atoms with Crippen molar-refractivity contribution >= 4 is 5.91 Å². The van der Waals surface area contributed by atoms with Crippen LogP contribution in [0.5, 0.6) is 5.75 Å². The monoisotopic (exact) mass is 279 g/mol. The molecule has 1 amide bonds. The molecular weight excluding hydrogens is 258 g/mol. The Morgan fingerprint density at radius 2 is 1.85 bits per heavy atom. The molecule has 0 unspecified atom stereocenters. The van der Waals surface area contributed by atoms with Gasteiger partial charge >= 0.3 is 0 Å². The van der Waals surface area contributed by atoms with E-state index in [2.05, 4.69) is 16.8 Å². The van der Waals surface area contributed by atoms with Crippen LogP contribution in [0.3, 0.4) is 0 Å². The largest absolute Gasteiger partial charge is 0.497 e. The highest BCUT2D eigenvalue weighted by atomic mass is 16.5. The van der Waals surface area contributed by atoms with E-state index >= 15 is 0 Å². The zero-order valence-corrected chi connectivity index (χ0v) is 12.0. The first-order chi connectivity index (χ1) is 9.60. The summed E-state index contributed by atoms with van der Waals surface area (Å²) < 4.78 is 5.04. The zero-order chi connectivity index (χ0) is 14.5. The molecule has 1 fully saturated rings. The Labute approximate surface area is 119 Å². The maximum absolute atomic E-state index is 12.1. The molecule has 110 valence electrons. The van der Waals surface area contributed by atoms with Crippen molar-refractivity contribution in [2.75, 3.05) is 47.0 Å². The Kier molecular flexibility index (Phi) is 4.94. The summed E-state index contributed by atoms with van der Waals surface area (Å²) in [7, 11) is 3.64. The first-order valence-corrected chi connectivity index (χ1v) is 6.66. The van der Waals surface area contributed by atoms with E-state index in [4.69, 9.17) is 4.74 Å². The van der Waals surface area contributed by atoms with E-state index in [0.29, 0.717) is 11.3 Å². The van der Waals surface area contributed by atoms with Gasteiger partial charge in [0.2, 0.25) is 0 Å². The number of hydroxylamine groups is 2. The number of rotatable bonds is 4. The lowest BCUT2D eigenvalue weighted by molar-refractivity contribution is -0.0939. The average molecular weight is 279 g/mol. The molecule has 1 aliphatic heterocycles. The molecule has 0 bridgehead atoms. The Morgan fingerprint density at radius 3 is 2.40 bits per heavy atom. The highest BCUT2D eigenvalue weighted by Gasteiger charge is 2.20. The predicted molar refractivity (Wildman–Crippen MR) is 74.9 cm³/mol. The van der Waals surface area contributed by atoms with Gasteiger partial charge < -0.3 is 9.64 Å². The van der Waals surface area contributed by atoms with Gasteiger partial charge in [-0.05, 0) is 31.3 Å². The number of carbonyl (C=O) groups is 1. The number of hydrogen-bond donors (Lipinski definition) is 1. The summed E-state index contributed by atoms with van der Waals surface area (Å²) in [6, 6.07) is 6.70. The third-order valence-electron chi connectivity index (χ3n) is 3.50. The molecule has 0 atom stereocenters. The van der Waals surface area contributed by atoms with Crippen LogP contribution in [0, 0.1) is 0 Å². The zero-order valence-electron chi connectivity index (χ0n) is 12.0. The van der Waals surface area contributed by atoms with Crippen molar-refractivity contribution in [2.24, 2.45) is 0 Å². The molecule has 0 radical (unpaired) electrons. The summed E-state index contributed by atoms with van der Waals surface area (Å²) >= 11 is 0. The molecule has 6 heteroatoms. The number of carbonyl (C=O) groups excluding carboxylic acids is 1. The number of likely N-dealkylation sites (N-methyl/N-ethyl adjacent to an activating group) is 1. The van der Waals surface area contributed by atoms with Crippen LogP contribution in [0.25, 0.3) is 0 Å². The predicted octanol–water partition coefficient (Wildman–Crippen LogP) is 0.732. The van der Waals surface area contributed by atoms with E-state index in [1.54, 1.807) is 31.4 Å². The molecule has 0 spiro atoms. The third-order valence-corrected chi connectivity index (χ3v) is 3.50. The highest BCUT2D eigenvalue weighted by molar-refractivity contribution is 5.93. The van der Waals surface area contributed by atoms with Crippen LogP contribution in [0.4, 0.5) is 0 Å². The summed E-state index contributed by atoms with van der Waals surface area (Å²) in [5.74, 6) is 0.289. The number of ether oxygens (including phenoxy) is 1. The lowest BCUT2D eigenvalue weighted by atomic mass is 10.2. The Morgan fingerprint density at radius 1 is 1.25 bits per heavy atom. The minimum Gasteiger partial charge on any atom is -0.497 e. The molecule has 1 aromatic carbocycles. The van der Waals surface area contributed by atoms with E-state index in [-0.39, 0.29) is 6.67 Å². The molecule has 1 heterocycles. The first-order valence-electron chi connectivity index (χ1n) is 6.66. The maximum atomic E-state index is 12.1. The molecule has 6 nitrogen and oxygen atoms in total. The molecule has 0 saturated carbocycles. The number of methoxy groups -OCH3 is 1. The van der Waals surface area contributed by atoms with Gasteiger partial charge in [0, 0.05) is 31.7 Å². The van der Waals surface area contributed by atoms with Crippen molar-refractivity contribution in [1.82, 2.24) is 14.9 Å². The van der Waals surface area contributed by atoms with Gasteiger partial charge in [0.1, 0.15) is 12.4 Å². The third kappa shape index (κ3) is 3.69. The minimum atomic E-state index is -0.397. The second kappa shape index (κ2) is 6.69. The fourth-order valence-corrected chi connectivity index (χ4v) is 2.13. The van der Waals surface area contributed by atoms with Crippen LogP contribution in [0.15, 0.2) is 24.3 Å². The molecule has 20 heavy (non-hydrogen) atoms. The Hall–Kier alpha value is -1.63. The van der Waals surface area contributed by atoms with Gasteiger partial charge in [-0.1, -0.05) is 0 Å². The van der Waals surface area contributed by atoms with Gasteiger partial charge in [-0.15, -0.1) is 0 Å². The smallest absolute Gasteiger partial charge is 0.278 e. The summed E-state index contributed by atoms with van der Waals surface area (Å²) in [4.78, 5) is 16.4. The molecule has 1 aromatic rings. The molecule has 2 rings (SSSR count). The summed E-state index contributed by atoms with van der Waals surface area (Å²) in [5, 5.41) is 10.7. The van der Waals surface area contributed by atoms with Crippen molar-refractivity contribution in [2.45, 2.75) is 0 Å². The van der Waals surface area contributed by atoms with Gasteiger partial charge in [0.25, 0.3) is 5.91 Å². The fourth-order valence-electron chi connectivity index (χ4n) is 2.13. The average Bonchev–Trinajstić information content (AvgIpc) is 2.49. The van der Waals surface area contributed by atoms with Crippen molar-refractivity contribution in [3.8, 4) is 5.75 Å². The molecular formula is C14H21N3O3. The lowest BCUT2D eigenvalue weighted by Crippen LogP contribution is -2.49. The van der Waals surface area contributed by atoms with E-state index in [1.165, 1.54) is 0 Å². The topological polar surface area (TPSA) is 56.2 Å². The van der Waals surface area contributed by atoms with E-state index in [0.717, 1.165) is 31.2 Å². The lowest BCUT2D eigenvalue weighted by Gasteiger charge is -2.33. The summed E-state index contributed by atoms with van der Waals surface area (Å²) in [5.41, 5.74) is 0.447. The van der Waals surface area contributed by atoms with Gasteiger partial charge in [-0.3, -0.25) is 14.9 Å². The maximum Gasteiger partial charge on any atom is 0.278 e. The molecule has 1 saturated heterocycles. The van der Waals surface area contributed by atoms with Gasteiger partial charge in [0.15, 0.2) is 0 Å². The molecule has 0 aliphatic carbocycles. The standard InChI is InChI=1S/C14H21N3O3/c1-15-7-9-16(10-8-15)11-17(19)14(18)12-3-5-13(20-2)6-4-12/h3-6,19H,7-11H2,1-2H3. The quantitative estimate of drug-likeness (QED) is 0.650. The number of hydrogen-bond acceptors (Lipinski definition) is 5. The van der Waals surface area contributed by atoms with Crippen LogP contribution in [0.2, 0.25) is 0 Å². The van der Waals surface area contributed by atoms with Crippen molar-refractivity contribution < 1.29 is 14.7 Å². The van der Waals surface area contributed by atoms with E-state index < -0.39 is 5.91 Å². The second-order valence-corrected chi connectivity index (χ2v) is 5.00. The van der Waals surface area contributed by atoms with Crippen LogP contribution in [0.1, 0.15) is 10.4 Å². The van der Waals surface area contributed by atoms with Gasteiger partial charge in [0.05, 0.1) is 7.11 Å². The molecule has 1 aliphatic rings. The number of piperazine rings is 1. The van der Waals surface area contributed by atoms with E-state index in [1.807, 2.05) is 0 Å². The Bertz CT molecular complexity index is 441. The first kappa shape index (κ1) is 14.8. The van der Waals surface area contributed by atoms with Gasteiger partial charge in [-0.2, -0.15) is 0 Å². The molecule has 0 aromatic heterocycles. The number of nitrogens with zero attached hydrogens (tertiary/aromatic N) is 3. The van der Waals surface area contributed by atoms with Crippen molar-refractivity contribution in [3.63, 3.8) is 0 Å². The molecule has 1 N–H and O–H groups in total. The highest BCUT2D eigenvalue weighted by Crippen LogP contribution is 2.13. The second-order valence-electron chi connectivity index (χ2n) is 5.00. The summed E-state index contributed by atoms with van der Waals surface area (Å²) in [6.45, 7) is 3.83. The summed E-state index contributed by atoms with van der Waals surface area (Å²) in [6.07, 6.45) is 0. The van der Waals surface area contributed by atoms with Crippen LogP contribution >= 0.6 is 0 Å². The Balaban J connectivity index is 1.90. The SMILES string of the molecule is COc1ccc(C(=O)N(O)CN2CCN(C)CC2)cc1.